The Hall–Kier alpha value is -2.69. The lowest BCUT2D eigenvalue weighted by molar-refractivity contribution is -0.128. The minimum Gasteiger partial charge on any atom is -0.497 e. The summed E-state index contributed by atoms with van der Waals surface area (Å²) in [5, 5.41) is 2.97. The number of methoxy groups -OCH3 is 1. The second-order valence-corrected chi connectivity index (χ2v) is 6.90. The molecule has 0 unspecified atom stereocenters. The third kappa shape index (κ3) is 7.14. The van der Waals surface area contributed by atoms with Gasteiger partial charge in [0.15, 0.2) is 6.10 Å². The van der Waals surface area contributed by atoms with Crippen molar-refractivity contribution in [1.29, 1.82) is 0 Å². The minimum absolute atomic E-state index is 0.0843. The summed E-state index contributed by atoms with van der Waals surface area (Å²) in [5.74, 6) is 2.22. The molecule has 0 aromatic heterocycles. The molecule has 2 aromatic carbocycles. The van der Waals surface area contributed by atoms with Crippen LogP contribution in [-0.2, 0) is 11.2 Å². The fourth-order valence-corrected chi connectivity index (χ4v) is 2.77. The van der Waals surface area contributed by atoms with Crippen LogP contribution in [0.25, 0.3) is 0 Å². The van der Waals surface area contributed by atoms with Crippen molar-refractivity contribution in [3.8, 4) is 17.2 Å². The zero-order valence-electron chi connectivity index (χ0n) is 17.2. The Kier molecular flexibility index (Phi) is 8.66. The van der Waals surface area contributed by atoms with Crippen LogP contribution in [0, 0.1) is 0 Å². The Morgan fingerprint density at radius 3 is 2.07 bits per heavy atom. The van der Waals surface area contributed by atoms with Crippen LogP contribution in [-0.4, -0.2) is 31.8 Å². The summed E-state index contributed by atoms with van der Waals surface area (Å²) < 4.78 is 16.6. The van der Waals surface area contributed by atoms with Gasteiger partial charge in [-0.05, 0) is 75.1 Å². The van der Waals surface area contributed by atoms with Crippen LogP contribution in [0.4, 0.5) is 0 Å². The van der Waals surface area contributed by atoms with Crippen LogP contribution in [0.5, 0.6) is 17.2 Å². The zero-order chi connectivity index (χ0) is 20.4. The molecule has 28 heavy (non-hydrogen) atoms. The molecule has 0 radical (unpaired) electrons. The quantitative estimate of drug-likeness (QED) is 0.583. The summed E-state index contributed by atoms with van der Waals surface area (Å²) in [6, 6.07) is 15.4. The van der Waals surface area contributed by atoms with Crippen LogP contribution < -0.4 is 19.5 Å². The number of amides is 1. The van der Waals surface area contributed by atoms with E-state index < -0.39 is 6.10 Å². The van der Waals surface area contributed by atoms with E-state index in [0.717, 1.165) is 24.3 Å². The minimum atomic E-state index is -0.499. The highest BCUT2D eigenvalue weighted by Gasteiger charge is 2.17. The van der Waals surface area contributed by atoms with Gasteiger partial charge in [0.25, 0.3) is 5.91 Å². The smallest absolute Gasteiger partial charge is 0.261 e. The Morgan fingerprint density at radius 2 is 1.50 bits per heavy atom. The molecule has 5 heteroatoms. The molecular formula is C23H31NO4. The van der Waals surface area contributed by atoms with Gasteiger partial charge in [-0.2, -0.15) is 0 Å². The first-order chi connectivity index (χ1) is 13.5. The lowest BCUT2D eigenvalue weighted by atomic mass is 10.1. The van der Waals surface area contributed by atoms with E-state index in [9.17, 15) is 4.79 Å². The molecule has 2 aromatic rings. The van der Waals surface area contributed by atoms with E-state index >= 15 is 0 Å². The Bertz CT molecular complexity index is 710. The molecule has 0 aliphatic rings. The summed E-state index contributed by atoms with van der Waals surface area (Å²) in [6.45, 7) is 6.58. The molecule has 1 atom stereocenters. The molecule has 1 N–H and O–H groups in total. The van der Waals surface area contributed by atoms with Crippen molar-refractivity contribution in [2.75, 3.05) is 13.7 Å². The normalized spacial score (nSPS) is 11.8. The molecule has 2 rings (SSSR count). The third-order valence-electron chi connectivity index (χ3n) is 4.24. The third-order valence-corrected chi connectivity index (χ3v) is 4.24. The van der Waals surface area contributed by atoms with E-state index in [4.69, 9.17) is 14.2 Å². The van der Waals surface area contributed by atoms with Crippen LogP contribution in [0.15, 0.2) is 48.5 Å². The summed E-state index contributed by atoms with van der Waals surface area (Å²) >= 11 is 0. The van der Waals surface area contributed by atoms with Gasteiger partial charge >= 0.3 is 0 Å². The van der Waals surface area contributed by atoms with Gasteiger partial charge in [0.1, 0.15) is 17.2 Å². The Morgan fingerprint density at radius 1 is 0.929 bits per heavy atom. The molecule has 5 nitrogen and oxygen atoms in total. The van der Waals surface area contributed by atoms with E-state index in [2.05, 4.69) is 17.4 Å². The molecule has 0 aliphatic heterocycles. The summed E-state index contributed by atoms with van der Waals surface area (Å²) in [7, 11) is 1.62. The van der Waals surface area contributed by atoms with Gasteiger partial charge in [-0.1, -0.05) is 19.1 Å². The fourth-order valence-electron chi connectivity index (χ4n) is 2.77. The molecule has 0 aliphatic carbocycles. The lowest BCUT2D eigenvalue weighted by Crippen LogP contribution is -2.38. The van der Waals surface area contributed by atoms with Crippen molar-refractivity contribution < 1.29 is 19.0 Å². The van der Waals surface area contributed by atoms with Crippen LogP contribution >= 0.6 is 0 Å². The topological polar surface area (TPSA) is 56.8 Å². The van der Waals surface area contributed by atoms with Crippen molar-refractivity contribution in [3.05, 3.63) is 54.1 Å². The second kappa shape index (κ2) is 11.2. The molecule has 0 saturated heterocycles. The molecule has 0 spiro atoms. The van der Waals surface area contributed by atoms with E-state index in [1.165, 1.54) is 5.56 Å². The highest BCUT2D eigenvalue weighted by atomic mass is 16.5. The Balaban J connectivity index is 1.73. The van der Waals surface area contributed by atoms with Gasteiger partial charge in [-0.15, -0.1) is 0 Å². The van der Waals surface area contributed by atoms with Gasteiger partial charge in [0.2, 0.25) is 0 Å². The van der Waals surface area contributed by atoms with E-state index in [0.29, 0.717) is 18.7 Å². The lowest BCUT2D eigenvalue weighted by Gasteiger charge is -2.17. The van der Waals surface area contributed by atoms with Crippen LogP contribution in [0.2, 0.25) is 0 Å². The molecule has 0 saturated carbocycles. The van der Waals surface area contributed by atoms with Crippen molar-refractivity contribution in [2.24, 2.45) is 0 Å². The number of hydrogen-bond donors (Lipinski definition) is 1. The number of nitrogens with one attached hydrogen (secondary N) is 1. The number of hydrogen-bond acceptors (Lipinski definition) is 4. The molecule has 152 valence electrons. The standard InChI is InChI=1S/C23H31NO4/c1-5-22(28-21-14-12-19(26-4)13-15-21)23(25)24-16-6-7-18-8-10-20(11-9-18)27-17(2)3/h8-15,17,22H,5-7,16H2,1-4H3,(H,24,25)/t22-/m1/s1. The predicted molar refractivity (Wildman–Crippen MR) is 111 cm³/mol. The predicted octanol–water partition coefficient (Wildman–Crippen LogP) is 4.39. The van der Waals surface area contributed by atoms with Crippen molar-refractivity contribution in [3.63, 3.8) is 0 Å². The summed E-state index contributed by atoms with van der Waals surface area (Å²) in [4.78, 5) is 12.4. The van der Waals surface area contributed by atoms with E-state index in [-0.39, 0.29) is 12.0 Å². The molecule has 1 amide bonds. The van der Waals surface area contributed by atoms with Crippen LogP contribution in [0.3, 0.4) is 0 Å². The maximum atomic E-state index is 12.4. The van der Waals surface area contributed by atoms with E-state index in [1.807, 2.05) is 45.0 Å². The number of carbonyl (C=O) groups is 1. The molecule has 0 heterocycles. The molecular weight excluding hydrogens is 354 g/mol. The van der Waals surface area contributed by atoms with Crippen molar-refractivity contribution in [2.45, 2.75) is 52.2 Å². The largest absolute Gasteiger partial charge is 0.497 e. The SMILES string of the molecule is CC[C@@H](Oc1ccc(OC)cc1)C(=O)NCCCc1ccc(OC(C)C)cc1. The van der Waals surface area contributed by atoms with Gasteiger partial charge in [0.05, 0.1) is 13.2 Å². The van der Waals surface area contributed by atoms with Crippen molar-refractivity contribution in [1.82, 2.24) is 5.32 Å². The highest BCUT2D eigenvalue weighted by Crippen LogP contribution is 2.19. The highest BCUT2D eigenvalue weighted by molar-refractivity contribution is 5.81. The number of benzene rings is 2. The van der Waals surface area contributed by atoms with Gasteiger partial charge in [-0.3, -0.25) is 4.79 Å². The average molecular weight is 386 g/mol. The maximum Gasteiger partial charge on any atom is 0.261 e. The van der Waals surface area contributed by atoms with Gasteiger partial charge in [-0.25, -0.2) is 0 Å². The van der Waals surface area contributed by atoms with Gasteiger partial charge < -0.3 is 19.5 Å². The number of ether oxygens (including phenoxy) is 3. The zero-order valence-corrected chi connectivity index (χ0v) is 17.2. The van der Waals surface area contributed by atoms with Crippen molar-refractivity contribution >= 4 is 5.91 Å². The van der Waals surface area contributed by atoms with Gasteiger partial charge in [0, 0.05) is 6.54 Å². The first-order valence-electron chi connectivity index (χ1n) is 9.85. The van der Waals surface area contributed by atoms with E-state index in [1.54, 1.807) is 19.2 Å². The first-order valence-corrected chi connectivity index (χ1v) is 9.85. The molecule has 0 fully saturated rings. The number of rotatable bonds is 11. The molecule has 0 bridgehead atoms. The summed E-state index contributed by atoms with van der Waals surface area (Å²) in [6.07, 6.45) is 2.05. The Labute approximate surface area is 168 Å². The first kappa shape index (κ1) is 21.6. The maximum absolute atomic E-state index is 12.4. The number of aryl methyl sites for hydroxylation is 1. The number of carbonyl (C=O) groups excluding carboxylic acids is 1. The fraction of sp³-hybridized carbons (Fsp3) is 0.435. The van der Waals surface area contributed by atoms with Crippen LogP contribution in [0.1, 0.15) is 39.2 Å². The average Bonchev–Trinajstić information content (AvgIpc) is 2.70. The summed E-state index contributed by atoms with van der Waals surface area (Å²) in [5.41, 5.74) is 1.23. The monoisotopic (exact) mass is 385 g/mol. The second-order valence-electron chi connectivity index (χ2n) is 6.90.